The molecule has 0 saturated heterocycles. The highest BCUT2D eigenvalue weighted by Crippen LogP contribution is 2.33. The smallest absolute Gasteiger partial charge is 0.331 e. The van der Waals surface area contributed by atoms with E-state index in [1.807, 2.05) is 49.7 Å². The molecule has 1 fully saturated rings. The van der Waals surface area contributed by atoms with Crippen molar-refractivity contribution < 1.29 is 13.9 Å². The average molecular weight is 447 g/mol. The van der Waals surface area contributed by atoms with Crippen LogP contribution < -0.4 is 0 Å². The van der Waals surface area contributed by atoms with Crippen LogP contribution in [0.4, 0.5) is 4.39 Å². The molecule has 1 unspecified atom stereocenters. The summed E-state index contributed by atoms with van der Waals surface area (Å²) >= 11 is 0. The van der Waals surface area contributed by atoms with Crippen LogP contribution in [0.3, 0.4) is 0 Å². The van der Waals surface area contributed by atoms with Crippen molar-refractivity contribution in [1.29, 1.82) is 5.26 Å². The number of hydrogen-bond acceptors (Lipinski definition) is 5. The van der Waals surface area contributed by atoms with Crippen LogP contribution in [0.5, 0.6) is 0 Å². The largest absolute Gasteiger partial charge is 0.457 e. The molecule has 0 spiro atoms. The van der Waals surface area contributed by atoms with Crippen LogP contribution in [0, 0.1) is 17.1 Å². The molecule has 0 aliphatic heterocycles. The van der Waals surface area contributed by atoms with Crippen LogP contribution in [0.15, 0.2) is 48.0 Å². The van der Waals surface area contributed by atoms with E-state index in [2.05, 4.69) is 10.3 Å². The Morgan fingerprint density at radius 1 is 1.21 bits per heavy atom. The lowest BCUT2D eigenvalue weighted by Gasteiger charge is -2.18. The monoisotopic (exact) mass is 446 g/mol. The zero-order chi connectivity index (χ0) is 23.6. The number of hydrogen-bond donors (Lipinski definition) is 0. The Kier molecular flexibility index (Phi) is 6.28. The molecule has 33 heavy (non-hydrogen) atoms. The summed E-state index contributed by atoms with van der Waals surface area (Å²) in [7, 11) is 0. The molecule has 0 N–H and O–H groups in total. The lowest BCUT2D eigenvalue weighted by atomic mass is 10.0. The Morgan fingerprint density at radius 2 is 2.03 bits per heavy atom. The Labute approximate surface area is 192 Å². The first-order valence-electron chi connectivity index (χ1n) is 11.2. The minimum absolute atomic E-state index is 0.178. The van der Waals surface area contributed by atoms with Gasteiger partial charge in [0.1, 0.15) is 16.9 Å². The van der Waals surface area contributed by atoms with Gasteiger partial charge in [-0.15, -0.1) is 5.10 Å². The van der Waals surface area contributed by atoms with Crippen molar-refractivity contribution in [3.05, 3.63) is 59.4 Å². The average Bonchev–Trinajstić information content (AvgIpc) is 3.04. The van der Waals surface area contributed by atoms with E-state index in [1.54, 1.807) is 18.2 Å². The first kappa shape index (κ1) is 22.7. The molecule has 1 atom stereocenters. The molecule has 2 aromatic carbocycles. The molecule has 1 saturated carbocycles. The molecule has 4 rings (SSSR count). The fraction of sp³-hybridized carbons (Fsp3) is 0.385. The number of allylic oxidation sites excluding steroid dienone is 1. The zero-order valence-corrected chi connectivity index (χ0v) is 19.1. The van der Waals surface area contributed by atoms with Crippen molar-refractivity contribution in [2.75, 3.05) is 0 Å². The van der Waals surface area contributed by atoms with Gasteiger partial charge in [-0.1, -0.05) is 22.9 Å². The van der Waals surface area contributed by atoms with Gasteiger partial charge in [0.25, 0.3) is 0 Å². The Bertz CT molecular complexity index is 1260. The quantitative estimate of drug-likeness (QED) is 0.285. The van der Waals surface area contributed by atoms with Gasteiger partial charge < -0.3 is 4.74 Å². The summed E-state index contributed by atoms with van der Waals surface area (Å²) in [6.45, 7) is 5.59. The summed E-state index contributed by atoms with van der Waals surface area (Å²) in [6.07, 6.45) is 6.07. The zero-order valence-electron chi connectivity index (χ0n) is 19.1. The second kappa shape index (κ2) is 9.14. The highest BCUT2D eigenvalue weighted by Gasteiger charge is 2.21. The summed E-state index contributed by atoms with van der Waals surface area (Å²) in [5.41, 5.74) is 3.62. The third-order valence-corrected chi connectivity index (χ3v) is 5.79. The van der Waals surface area contributed by atoms with E-state index in [9.17, 15) is 9.18 Å². The van der Waals surface area contributed by atoms with E-state index < -0.39 is 11.4 Å². The third-order valence-electron chi connectivity index (χ3n) is 5.79. The number of aromatic nitrogens is 3. The van der Waals surface area contributed by atoms with E-state index in [-0.39, 0.29) is 17.6 Å². The predicted molar refractivity (Wildman–Crippen MR) is 124 cm³/mol. The van der Waals surface area contributed by atoms with Gasteiger partial charge in [0.15, 0.2) is 0 Å². The van der Waals surface area contributed by atoms with Crippen LogP contribution >= 0.6 is 0 Å². The molecule has 1 aromatic heterocycles. The number of ether oxygens (including phenoxy) is 1. The number of carbonyl (C=O) groups excluding carboxylic acids is 1. The number of esters is 1. The molecule has 0 bridgehead atoms. The lowest BCUT2D eigenvalue weighted by molar-refractivity contribution is -0.148. The number of carbonyl (C=O) groups is 1. The Balaban J connectivity index is 1.53. The van der Waals surface area contributed by atoms with E-state index in [0.717, 1.165) is 43.2 Å². The normalized spacial score (nSPS) is 18.2. The maximum absolute atomic E-state index is 14.5. The molecule has 0 amide bonds. The molecule has 1 aliphatic carbocycles. The molecule has 7 heteroatoms. The van der Waals surface area contributed by atoms with E-state index in [4.69, 9.17) is 10.00 Å². The summed E-state index contributed by atoms with van der Waals surface area (Å²) in [5.74, 6) is -0.724. The number of nitriles is 1. The van der Waals surface area contributed by atoms with Crippen molar-refractivity contribution in [3.63, 3.8) is 0 Å². The van der Waals surface area contributed by atoms with E-state index >= 15 is 0 Å². The van der Waals surface area contributed by atoms with Gasteiger partial charge in [-0.2, -0.15) is 5.26 Å². The fourth-order valence-electron chi connectivity index (χ4n) is 4.27. The minimum Gasteiger partial charge on any atom is -0.457 e. The molecule has 1 aliphatic rings. The molecule has 0 radical (unpaired) electrons. The molecule has 170 valence electrons. The second-order valence-corrected chi connectivity index (χ2v) is 9.46. The van der Waals surface area contributed by atoms with Gasteiger partial charge in [-0.25, -0.2) is 13.9 Å². The molecular formula is C26H27FN4O2. The summed E-state index contributed by atoms with van der Waals surface area (Å²) in [5, 5.41) is 17.7. The van der Waals surface area contributed by atoms with Crippen molar-refractivity contribution in [2.24, 2.45) is 0 Å². The standard InChI is InChI=1S/C26H27FN4O2/c1-26(2,3)33-25(32)14-17-5-4-6-20(10-7-17)31-24-12-9-19(15-23(24)29-30-31)21-11-8-18(16-28)13-22(21)27/h8-9,11-15,20H,4-7,10H2,1-3H3. The highest BCUT2D eigenvalue weighted by atomic mass is 19.1. The fourth-order valence-corrected chi connectivity index (χ4v) is 4.27. The number of nitrogens with zero attached hydrogens (tertiary/aromatic N) is 4. The number of rotatable bonds is 3. The van der Waals surface area contributed by atoms with Crippen molar-refractivity contribution in [3.8, 4) is 17.2 Å². The topological polar surface area (TPSA) is 80.8 Å². The van der Waals surface area contributed by atoms with E-state index in [0.29, 0.717) is 16.6 Å². The number of fused-ring (bicyclic) bond motifs is 1. The molecule has 3 aromatic rings. The first-order valence-corrected chi connectivity index (χ1v) is 11.2. The van der Waals surface area contributed by atoms with Gasteiger partial charge in [-0.05, 0) is 82.7 Å². The Morgan fingerprint density at radius 3 is 2.76 bits per heavy atom. The lowest BCUT2D eigenvalue weighted by Crippen LogP contribution is -2.22. The van der Waals surface area contributed by atoms with Gasteiger partial charge in [0.2, 0.25) is 0 Å². The van der Waals surface area contributed by atoms with Crippen molar-refractivity contribution in [1.82, 2.24) is 15.0 Å². The maximum Gasteiger partial charge on any atom is 0.331 e. The number of benzene rings is 2. The SMILES string of the molecule is CC(C)(C)OC(=O)C=C1CCCC(n2nnc3cc(-c4ccc(C#N)cc4F)ccc32)CC1. The van der Waals surface area contributed by atoms with Gasteiger partial charge >= 0.3 is 5.97 Å². The summed E-state index contributed by atoms with van der Waals surface area (Å²) in [6, 6.07) is 12.2. The van der Waals surface area contributed by atoms with Gasteiger partial charge in [-0.3, -0.25) is 0 Å². The predicted octanol–water partition coefficient (Wildman–Crippen LogP) is 5.88. The summed E-state index contributed by atoms with van der Waals surface area (Å²) < 4.78 is 21.8. The van der Waals surface area contributed by atoms with Crippen LogP contribution in [0.1, 0.15) is 64.5 Å². The number of halogens is 1. The van der Waals surface area contributed by atoms with Crippen LogP contribution in [-0.2, 0) is 9.53 Å². The highest BCUT2D eigenvalue weighted by molar-refractivity contribution is 5.83. The van der Waals surface area contributed by atoms with Crippen LogP contribution in [0.2, 0.25) is 0 Å². The molecule has 6 nitrogen and oxygen atoms in total. The first-order chi connectivity index (χ1) is 15.7. The van der Waals surface area contributed by atoms with E-state index in [1.165, 1.54) is 6.07 Å². The van der Waals surface area contributed by atoms with Crippen molar-refractivity contribution >= 4 is 17.0 Å². The maximum atomic E-state index is 14.5. The van der Waals surface area contributed by atoms with Crippen LogP contribution in [0.25, 0.3) is 22.2 Å². The Hall–Kier alpha value is -3.53. The minimum atomic E-state index is -0.499. The van der Waals surface area contributed by atoms with Crippen molar-refractivity contribution in [2.45, 2.75) is 64.5 Å². The van der Waals surface area contributed by atoms with Crippen LogP contribution in [-0.4, -0.2) is 26.6 Å². The summed E-state index contributed by atoms with van der Waals surface area (Å²) in [4.78, 5) is 12.2. The second-order valence-electron chi connectivity index (χ2n) is 9.46. The third kappa shape index (κ3) is 5.28. The molecular weight excluding hydrogens is 419 g/mol. The van der Waals surface area contributed by atoms with Gasteiger partial charge in [0, 0.05) is 11.6 Å². The van der Waals surface area contributed by atoms with Gasteiger partial charge in [0.05, 0.1) is 23.2 Å². The molecule has 1 heterocycles.